The molecule has 0 fully saturated rings. The van der Waals surface area contributed by atoms with Gasteiger partial charge in [0.15, 0.2) is 0 Å². The molecule has 0 atom stereocenters. The van der Waals surface area contributed by atoms with Crippen LogP contribution in [-0.2, 0) is 9.53 Å². The fourth-order valence-corrected chi connectivity index (χ4v) is 3.20. The van der Waals surface area contributed by atoms with E-state index >= 15 is 0 Å². The molecule has 0 bridgehead atoms. The standard InChI is InChI=1S/C22H22N6O4S/c1-14(11-15(2)32-3)27(13-20(29)30)18-9-7-16(8-10-18)21(31)23-17-5-4-6-19(12-17)28-22(33)24-25-26-28/h4-12H,2,13H2,1,3H3,(H,23,31)(H,29,30)(H,24,26,33)/b14-11-. The Hall–Kier alpha value is -4.25. The van der Waals surface area contributed by atoms with Gasteiger partial charge in [0.2, 0.25) is 4.77 Å². The molecule has 170 valence electrons. The molecule has 3 aromatic rings. The zero-order chi connectivity index (χ0) is 24.0. The van der Waals surface area contributed by atoms with E-state index in [0.29, 0.717) is 34.1 Å². The van der Waals surface area contributed by atoms with Crippen molar-refractivity contribution in [2.45, 2.75) is 6.92 Å². The number of hydrogen-bond acceptors (Lipinski definition) is 7. The Morgan fingerprint density at radius 2 is 2.03 bits per heavy atom. The number of aliphatic carboxylic acids is 1. The molecule has 0 aliphatic carbocycles. The van der Waals surface area contributed by atoms with Crippen molar-refractivity contribution < 1.29 is 19.4 Å². The average molecular weight is 467 g/mol. The van der Waals surface area contributed by atoms with Crippen LogP contribution in [0.3, 0.4) is 0 Å². The molecule has 1 amide bonds. The van der Waals surface area contributed by atoms with Crippen LogP contribution in [0.25, 0.3) is 5.69 Å². The number of carboxylic acids is 1. The monoisotopic (exact) mass is 466 g/mol. The molecule has 33 heavy (non-hydrogen) atoms. The van der Waals surface area contributed by atoms with Crippen molar-refractivity contribution in [3.8, 4) is 5.69 Å². The third kappa shape index (κ3) is 5.92. The molecule has 2 aromatic carbocycles. The molecule has 0 saturated carbocycles. The largest absolute Gasteiger partial charge is 0.497 e. The Kier molecular flexibility index (Phi) is 7.36. The SMILES string of the molecule is C=C(/C=C(/C)N(CC(=O)O)c1ccc(C(=O)Nc2cccc(-n3[nH]nnc3=S)c2)cc1)OC. The average Bonchev–Trinajstić information content (AvgIpc) is 3.23. The smallest absolute Gasteiger partial charge is 0.323 e. The predicted octanol–water partition coefficient (Wildman–Crippen LogP) is 3.53. The van der Waals surface area contributed by atoms with Crippen molar-refractivity contribution in [3.63, 3.8) is 0 Å². The quantitative estimate of drug-likeness (QED) is 0.248. The highest BCUT2D eigenvalue weighted by molar-refractivity contribution is 7.71. The molecule has 0 radical (unpaired) electrons. The van der Waals surface area contributed by atoms with Crippen molar-refractivity contribution >= 4 is 35.5 Å². The number of H-pyrrole nitrogens is 1. The number of aromatic nitrogens is 4. The molecule has 0 saturated heterocycles. The number of nitrogens with one attached hydrogen (secondary N) is 2. The highest BCUT2D eigenvalue weighted by Gasteiger charge is 2.15. The van der Waals surface area contributed by atoms with Crippen molar-refractivity contribution in [1.82, 2.24) is 20.2 Å². The number of carboxylic acid groups (broad SMARTS) is 1. The number of anilines is 2. The summed E-state index contributed by atoms with van der Waals surface area (Å²) in [7, 11) is 1.48. The fourth-order valence-electron chi connectivity index (χ4n) is 3.01. The summed E-state index contributed by atoms with van der Waals surface area (Å²) in [4.78, 5) is 25.7. The number of nitrogens with zero attached hydrogens (tertiary/aromatic N) is 4. The number of allylic oxidation sites excluding steroid dienone is 2. The second-order valence-corrected chi connectivity index (χ2v) is 7.27. The number of rotatable bonds is 9. The Balaban J connectivity index is 1.79. The van der Waals surface area contributed by atoms with Gasteiger partial charge in [-0.2, -0.15) is 5.21 Å². The second-order valence-electron chi connectivity index (χ2n) is 6.91. The van der Waals surface area contributed by atoms with Crippen LogP contribution in [0, 0.1) is 4.77 Å². The van der Waals surface area contributed by atoms with Gasteiger partial charge in [0.25, 0.3) is 5.91 Å². The van der Waals surface area contributed by atoms with Gasteiger partial charge in [0, 0.05) is 22.6 Å². The number of benzene rings is 2. The predicted molar refractivity (Wildman–Crippen MR) is 126 cm³/mol. The number of tetrazole rings is 1. The minimum absolute atomic E-state index is 0.261. The first kappa shape index (κ1) is 23.4. The molecule has 3 N–H and O–H groups in total. The Morgan fingerprint density at radius 3 is 2.64 bits per heavy atom. The van der Waals surface area contributed by atoms with Gasteiger partial charge in [-0.05, 0) is 67.7 Å². The van der Waals surface area contributed by atoms with E-state index < -0.39 is 5.97 Å². The summed E-state index contributed by atoms with van der Waals surface area (Å²) < 4.78 is 6.81. The molecule has 0 spiro atoms. The van der Waals surface area contributed by atoms with Gasteiger partial charge >= 0.3 is 5.97 Å². The Labute approximate surface area is 194 Å². The van der Waals surface area contributed by atoms with Gasteiger partial charge in [-0.25, -0.2) is 4.68 Å². The van der Waals surface area contributed by atoms with Crippen LogP contribution in [0.2, 0.25) is 0 Å². The summed E-state index contributed by atoms with van der Waals surface area (Å²) in [5.74, 6) is -0.928. The minimum atomic E-state index is -1.000. The van der Waals surface area contributed by atoms with Crippen molar-refractivity contribution in [3.05, 3.63) is 83.0 Å². The maximum atomic E-state index is 12.7. The molecule has 0 unspecified atom stereocenters. The fraction of sp³-hybridized carbons (Fsp3) is 0.136. The van der Waals surface area contributed by atoms with E-state index in [9.17, 15) is 14.7 Å². The molecular formula is C22H22N6O4S. The Bertz CT molecular complexity index is 1260. The summed E-state index contributed by atoms with van der Waals surface area (Å²) in [6, 6.07) is 13.6. The second kappa shape index (κ2) is 10.4. The van der Waals surface area contributed by atoms with E-state index in [4.69, 9.17) is 17.0 Å². The van der Waals surface area contributed by atoms with Gasteiger partial charge < -0.3 is 20.1 Å². The van der Waals surface area contributed by atoms with Gasteiger partial charge in [-0.3, -0.25) is 9.59 Å². The topological polar surface area (TPSA) is 125 Å². The van der Waals surface area contributed by atoms with Crippen molar-refractivity contribution in [2.24, 2.45) is 0 Å². The molecule has 0 aliphatic heterocycles. The lowest BCUT2D eigenvalue weighted by molar-refractivity contribution is -0.135. The van der Waals surface area contributed by atoms with Gasteiger partial charge in [-0.1, -0.05) is 23.0 Å². The summed E-state index contributed by atoms with van der Waals surface area (Å²) in [6.45, 7) is 5.22. The van der Waals surface area contributed by atoms with Crippen LogP contribution in [0.5, 0.6) is 0 Å². The van der Waals surface area contributed by atoms with Gasteiger partial charge in [0.05, 0.1) is 12.8 Å². The Morgan fingerprint density at radius 1 is 1.30 bits per heavy atom. The molecule has 11 heteroatoms. The van der Waals surface area contributed by atoms with Crippen LogP contribution < -0.4 is 10.2 Å². The van der Waals surface area contributed by atoms with E-state index in [1.54, 1.807) is 66.4 Å². The first-order chi connectivity index (χ1) is 15.8. The zero-order valence-electron chi connectivity index (χ0n) is 18.0. The van der Waals surface area contributed by atoms with E-state index in [-0.39, 0.29) is 17.2 Å². The van der Waals surface area contributed by atoms with Gasteiger partial charge in [-0.15, -0.1) is 0 Å². The van der Waals surface area contributed by atoms with E-state index in [2.05, 4.69) is 27.4 Å². The molecule has 3 rings (SSSR count). The lowest BCUT2D eigenvalue weighted by Gasteiger charge is -2.24. The maximum Gasteiger partial charge on any atom is 0.323 e. The first-order valence-electron chi connectivity index (χ1n) is 9.71. The van der Waals surface area contributed by atoms with E-state index in [0.717, 1.165) is 0 Å². The number of methoxy groups -OCH3 is 1. The number of amides is 1. The van der Waals surface area contributed by atoms with E-state index in [1.165, 1.54) is 11.8 Å². The third-order valence-corrected chi connectivity index (χ3v) is 4.89. The summed E-state index contributed by atoms with van der Waals surface area (Å²) in [5, 5.41) is 22.2. The number of carbonyl (C=O) groups excluding carboxylic acids is 1. The number of ether oxygens (including phenoxy) is 1. The minimum Gasteiger partial charge on any atom is -0.497 e. The zero-order valence-corrected chi connectivity index (χ0v) is 18.8. The highest BCUT2D eigenvalue weighted by atomic mass is 32.1. The van der Waals surface area contributed by atoms with Crippen LogP contribution in [0.15, 0.2) is 72.6 Å². The highest BCUT2D eigenvalue weighted by Crippen LogP contribution is 2.22. The van der Waals surface area contributed by atoms with Gasteiger partial charge in [0.1, 0.15) is 12.3 Å². The molecule has 1 heterocycles. The summed E-state index contributed by atoms with van der Waals surface area (Å²) in [5.41, 5.74) is 2.87. The van der Waals surface area contributed by atoms with Crippen LogP contribution in [0.1, 0.15) is 17.3 Å². The maximum absolute atomic E-state index is 12.7. The lowest BCUT2D eigenvalue weighted by atomic mass is 10.1. The molecule has 10 nitrogen and oxygen atoms in total. The van der Waals surface area contributed by atoms with Crippen LogP contribution in [-0.4, -0.2) is 50.8 Å². The lowest BCUT2D eigenvalue weighted by Crippen LogP contribution is -2.28. The third-order valence-electron chi connectivity index (χ3n) is 4.63. The van der Waals surface area contributed by atoms with Crippen LogP contribution in [0.4, 0.5) is 11.4 Å². The summed E-state index contributed by atoms with van der Waals surface area (Å²) >= 11 is 5.10. The number of hydrogen-bond donors (Lipinski definition) is 3. The van der Waals surface area contributed by atoms with Crippen molar-refractivity contribution in [2.75, 3.05) is 23.9 Å². The summed E-state index contributed by atoms with van der Waals surface area (Å²) in [6.07, 6.45) is 1.64. The normalized spacial score (nSPS) is 11.0. The number of aromatic amines is 1. The molecular weight excluding hydrogens is 444 g/mol. The van der Waals surface area contributed by atoms with E-state index in [1.807, 2.05) is 0 Å². The molecule has 1 aromatic heterocycles. The van der Waals surface area contributed by atoms with Crippen LogP contribution >= 0.6 is 12.2 Å². The first-order valence-corrected chi connectivity index (χ1v) is 10.1. The van der Waals surface area contributed by atoms with Crippen molar-refractivity contribution in [1.29, 1.82) is 0 Å². The molecule has 0 aliphatic rings. The number of carbonyl (C=O) groups is 2.